The summed E-state index contributed by atoms with van der Waals surface area (Å²) in [6.45, 7) is 18.9. The number of ether oxygens (including phenoxy) is 2. The van der Waals surface area contributed by atoms with E-state index in [9.17, 15) is 0 Å². The maximum atomic E-state index is 5.49. The first-order chi connectivity index (χ1) is 10.2. The van der Waals surface area contributed by atoms with E-state index in [-0.39, 0.29) is 0 Å². The van der Waals surface area contributed by atoms with E-state index >= 15 is 0 Å². The van der Waals surface area contributed by atoms with Gasteiger partial charge in [-0.05, 0) is 33.4 Å². The Bertz CT molecular complexity index is 163. The maximum Gasteiger partial charge on any atom is 0.0701 e. The van der Waals surface area contributed by atoms with E-state index in [0.717, 1.165) is 39.4 Å². The van der Waals surface area contributed by atoms with Crippen molar-refractivity contribution in [1.29, 1.82) is 0 Å². The normalized spacial score (nSPS) is 9.48. The van der Waals surface area contributed by atoms with E-state index in [1.165, 1.54) is 25.8 Å². The molecule has 0 fully saturated rings. The van der Waals surface area contributed by atoms with Gasteiger partial charge in [-0.1, -0.05) is 46.6 Å². The van der Waals surface area contributed by atoms with Crippen molar-refractivity contribution in [2.75, 3.05) is 46.6 Å². The third-order valence-electron chi connectivity index (χ3n) is 2.48. The smallest absolute Gasteiger partial charge is 0.0701 e. The standard InChI is InChI=1S/C13H29NO2.C3H6.C2H6/c1-4-6-7-8-14(3)9-11-16-13-12-15-10-5-2;1-3-2;1-2/h4-13H2,1-3H3;3H,1H2,2H3;1-2H3. The first-order valence-electron chi connectivity index (χ1n) is 8.63. The molecule has 0 aromatic carbocycles. The second-order valence-corrected chi connectivity index (χ2v) is 4.64. The Kier molecular flexibility index (Phi) is 33.9. The summed E-state index contributed by atoms with van der Waals surface area (Å²) >= 11 is 0. The van der Waals surface area contributed by atoms with Crippen molar-refractivity contribution in [3.8, 4) is 0 Å². The van der Waals surface area contributed by atoms with Gasteiger partial charge in [0.2, 0.25) is 0 Å². The lowest BCUT2D eigenvalue weighted by atomic mass is 10.2. The number of rotatable bonds is 12. The third-order valence-corrected chi connectivity index (χ3v) is 2.48. The van der Waals surface area contributed by atoms with Gasteiger partial charge in [0.1, 0.15) is 0 Å². The second-order valence-electron chi connectivity index (χ2n) is 4.64. The fourth-order valence-corrected chi connectivity index (χ4v) is 1.43. The molecule has 0 N–H and O–H groups in total. The van der Waals surface area contributed by atoms with Crippen LogP contribution in [-0.4, -0.2) is 51.5 Å². The molecular weight excluding hydrogens is 262 g/mol. The van der Waals surface area contributed by atoms with Gasteiger partial charge in [-0.3, -0.25) is 0 Å². The van der Waals surface area contributed by atoms with Crippen LogP contribution in [0.1, 0.15) is 60.3 Å². The summed E-state index contributed by atoms with van der Waals surface area (Å²) in [5.41, 5.74) is 0. The average molecular weight is 304 g/mol. The Hall–Kier alpha value is -0.380. The second kappa shape index (κ2) is 27.9. The van der Waals surface area contributed by atoms with Crippen LogP contribution in [0.2, 0.25) is 0 Å². The van der Waals surface area contributed by atoms with Crippen LogP contribution in [0, 0.1) is 0 Å². The number of hydrogen-bond donors (Lipinski definition) is 0. The van der Waals surface area contributed by atoms with E-state index in [1.54, 1.807) is 6.08 Å². The number of allylic oxidation sites excluding steroid dienone is 1. The van der Waals surface area contributed by atoms with Crippen LogP contribution in [0.3, 0.4) is 0 Å². The Labute approximate surface area is 134 Å². The van der Waals surface area contributed by atoms with Crippen LogP contribution >= 0.6 is 0 Å². The molecule has 0 radical (unpaired) electrons. The molecule has 21 heavy (non-hydrogen) atoms. The van der Waals surface area contributed by atoms with Crippen LogP contribution in [0.4, 0.5) is 0 Å². The molecule has 0 aliphatic rings. The predicted molar refractivity (Wildman–Crippen MR) is 96.2 cm³/mol. The monoisotopic (exact) mass is 303 g/mol. The first kappa shape index (κ1) is 25.6. The highest BCUT2D eigenvalue weighted by Crippen LogP contribution is 1.95. The molecule has 0 rings (SSSR count). The van der Waals surface area contributed by atoms with Crippen molar-refractivity contribution in [1.82, 2.24) is 4.90 Å². The van der Waals surface area contributed by atoms with Gasteiger partial charge in [0.25, 0.3) is 0 Å². The van der Waals surface area contributed by atoms with Crippen LogP contribution in [0.25, 0.3) is 0 Å². The number of unbranched alkanes of at least 4 members (excludes halogenated alkanes) is 2. The Balaban J connectivity index is -0.000000569. The lowest BCUT2D eigenvalue weighted by molar-refractivity contribution is 0.0410. The summed E-state index contributed by atoms with van der Waals surface area (Å²) in [5, 5.41) is 0. The van der Waals surface area contributed by atoms with Crippen LogP contribution in [-0.2, 0) is 9.47 Å². The lowest BCUT2D eigenvalue weighted by Gasteiger charge is -2.16. The Morgan fingerprint density at radius 3 is 1.86 bits per heavy atom. The molecule has 0 saturated carbocycles. The minimum Gasteiger partial charge on any atom is -0.379 e. The summed E-state index contributed by atoms with van der Waals surface area (Å²) in [4.78, 5) is 2.34. The molecule has 0 amide bonds. The van der Waals surface area contributed by atoms with Crippen molar-refractivity contribution in [3.05, 3.63) is 12.7 Å². The zero-order valence-electron chi connectivity index (χ0n) is 15.6. The molecule has 130 valence electrons. The summed E-state index contributed by atoms with van der Waals surface area (Å²) in [5.74, 6) is 0. The number of likely N-dealkylation sites (N-methyl/N-ethyl adjacent to an activating group) is 1. The predicted octanol–water partition coefficient (Wildman–Crippen LogP) is 4.77. The zero-order valence-corrected chi connectivity index (χ0v) is 15.6. The highest BCUT2D eigenvalue weighted by atomic mass is 16.5. The quantitative estimate of drug-likeness (QED) is 0.383. The van der Waals surface area contributed by atoms with Gasteiger partial charge in [-0.25, -0.2) is 0 Å². The summed E-state index contributed by atoms with van der Waals surface area (Å²) in [6.07, 6.45) is 6.75. The minimum atomic E-state index is 0.725. The molecule has 0 aliphatic carbocycles. The molecule has 0 aromatic rings. The molecule has 0 bridgehead atoms. The molecule has 0 heterocycles. The molecule has 0 atom stereocenters. The maximum absolute atomic E-state index is 5.49. The van der Waals surface area contributed by atoms with Gasteiger partial charge < -0.3 is 14.4 Å². The molecule has 0 aromatic heterocycles. The molecule has 0 unspecified atom stereocenters. The molecule has 3 heteroatoms. The summed E-state index contributed by atoms with van der Waals surface area (Å²) in [7, 11) is 2.16. The zero-order chi connectivity index (χ0) is 16.8. The van der Waals surface area contributed by atoms with Gasteiger partial charge in [-0.2, -0.15) is 0 Å². The largest absolute Gasteiger partial charge is 0.379 e. The van der Waals surface area contributed by atoms with Gasteiger partial charge in [0, 0.05) is 13.2 Å². The Morgan fingerprint density at radius 1 is 0.857 bits per heavy atom. The van der Waals surface area contributed by atoms with Crippen LogP contribution < -0.4 is 0 Å². The van der Waals surface area contributed by atoms with Crippen molar-refractivity contribution < 1.29 is 9.47 Å². The van der Waals surface area contributed by atoms with E-state index in [0.29, 0.717) is 0 Å². The van der Waals surface area contributed by atoms with Crippen LogP contribution in [0.15, 0.2) is 12.7 Å². The summed E-state index contributed by atoms with van der Waals surface area (Å²) < 4.78 is 10.8. The average Bonchev–Trinajstić information content (AvgIpc) is 2.49. The van der Waals surface area contributed by atoms with Crippen molar-refractivity contribution in [2.24, 2.45) is 0 Å². The SMILES string of the molecule is C=CC.CC.CCCCCN(C)CCOCCOCCC. The van der Waals surface area contributed by atoms with Gasteiger partial charge >= 0.3 is 0 Å². The Morgan fingerprint density at radius 2 is 1.38 bits per heavy atom. The highest BCUT2D eigenvalue weighted by molar-refractivity contribution is 4.51. The molecule has 0 saturated heterocycles. The van der Waals surface area contributed by atoms with Crippen LogP contribution in [0.5, 0.6) is 0 Å². The van der Waals surface area contributed by atoms with E-state index in [1.807, 2.05) is 20.8 Å². The molecular formula is C18H41NO2. The molecule has 0 aliphatic heterocycles. The van der Waals surface area contributed by atoms with E-state index in [2.05, 4.69) is 32.4 Å². The van der Waals surface area contributed by atoms with E-state index in [4.69, 9.17) is 9.47 Å². The van der Waals surface area contributed by atoms with Crippen molar-refractivity contribution >= 4 is 0 Å². The lowest BCUT2D eigenvalue weighted by Crippen LogP contribution is -2.24. The van der Waals surface area contributed by atoms with Gasteiger partial charge in [0.15, 0.2) is 0 Å². The van der Waals surface area contributed by atoms with E-state index < -0.39 is 0 Å². The third kappa shape index (κ3) is 32.8. The first-order valence-corrected chi connectivity index (χ1v) is 8.63. The fraction of sp³-hybridized carbons (Fsp3) is 0.889. The van der Waals surface area contributed by atoms with Gasteiger partial charge in [0.05, 0.1) is 19.8 Å². The molecule has 0 spiro atoms. The fourth-order valence-electron chi connectivity index (χ4n) is 1.43. The minimum absolute atomic E-state index is 0.725. The summed E-state index contributed by atoms with van der Waals surface area (Å²) in [6, 6.07) is 0. The topological polar surface area (TPSA) is 21.7 Å². The number of nitrogens with zero attached hydrogens (tertiary/aromatic N) is 1. The van der Waals surface area contributed by atoms with Gasteiger partial charge in [-0.15, -0.1) is 6.58 Å². The molecule has 3 nitrogen and oxygen atoms in total. The highest BCUT2D eigenvalue weighted by Gasteiger charge is 1.97. The van der Waals surface area contributed by atoms with Crippen molar-refractivity contribution in [2.45, 2.75) is 60.3 Å². The number of hydrogen-bond acceptors (Lipinski definition) is 3. The van der Waals surface area contributed by atoms with Crippen molar-refractivity contribution in [3.63, 3.8) is 0 Å².